The standard InChI is InChI=1S/C18H23ClN2OS.ClH/c19-12-1-4-17-15(10-12)16(5-6-23-17)21-18(22)9-11-7-13-2-3-14(8-11)20-13;/h1,4,10-11,13-14,16,20H,2-3,5-9H2,(H,21,22);1H. The van der Waals surface area contributed by atoms with Crippen LogP contribution in [0.3, 0.4) is 0 Å². The second-order valence-corrected chi connectivity index (χ2v) is 8.69. The van der Waals surface area contributed by atoms with Crippen molar-refractivity contribution in [3.63, 3.8) is 0 Å². The lowest BCUT2D eigenvalue weighted by molar-refractivity contribution is -0.123. The van der Waals surface area contributed by atoms with Gasteiger partial charge < -0.3 is 10.6 Å². The number of fused-ring (bicyclic) bond motifs is 3. The Morgan fingerprint density at radius 3 is 2.75 bits per heavy atom. The van der Waals surface area contributed by atoms with Gasteiger partial charge in [0.1, 0.15) is 0 Å². The number of piperidine rings is 1. The monoisotopic (exact) mass is 386 g/mol. The minimum atomic E-state index is 0. The number of hydrogen-bond donors (Lipinski definition) is 2. The molecule has 2 saturated heterocycles. The van der Waals surface area contributed by atoms with Gasteiger partial charge >= 0.3 is 0 Å². The minimum Gasteiger partial charge on any atom is -0.349 e. The molecule has 4 rings (SSSR count). The summed E-state index contributed by atoms with van der Waals surface area (Å²) < 4.78 is 0. The van der Waals surface area contributed by atoms with E-state index in [1.807, 2.05) is 23.9 Å². The molecule has 3 nitrogen and oxygen atoms in total. The van der Waals surface area contributed by atoms with Crippen LogP contribution in [0.25, 0.3) is 0 Å². The van der Waals surface area contributed by atoms with Crippen LogP contribution >= 0.6 is 35.8 Å². The van der Waals surface area contributed by atoms with Crippen molar-refractivity contribution in [2.75, 3.05) is 5.75 Å². The molecule has 24 heavy (non-hydrogen) atoms. The van der Waals surface area contributed by atoms with E-state index in [-0.39, 0.29) is 24.4 Å². The van der Waals surface area contributed by atoms with Crippen molar-refractivity contribution >= 4 is 41.7 Å². The molecule has 3 aliphatic rings. The summed E-state index contributed by atoms with van der Waals surface area (Å²) in [6.45, 7) is 0. The molecule has 0 saturated carbocycles. The summed E-state index contributed by atoms with van der Waals surface area (Å²) >= 11 is 8.00. The predicted molar refractivity (Wildman–Crippen MR) is 102 cm³/mol. The zero-order valence-corrected chi connectivity index (χ0v) is 16.0. The van der Waals surface area contributed by atoms with E-state index in [0.717, 1.165) is 30.0 Å². The summed E-state index contributed by atoms with van der Waals surface area (Å²) in [5, 5.41) is 7.66. The van der Waals surface area contributed by atoms with Gasteiger partial charge in [-0.15, -0.1) is 24.2 Å². The van der Waals surface area contributed by atoms with Gasteiger partial charge in [0, 0.05) is 34.2 Å². The van der Waals surface area contributed by atoms with Crippen molar-refractivity contribution in [3.8, 4) is 0 Å². The van der Waals surface area contributed by atoms with Crippen LogP contribution < -0.4 is 10.6 Å². The van der Waals surface area contributed by atoms with Crippen molar-refractivity contribution in [2.24, 2.45) is 5.92 Å². The Bertz CT molecular complexity index is 601. The van der Waals surface area contributed by atoms with E-state index in [2.05, 4.69) is 16.7 Å². The molecule has 3 unspecified atom stereocenters. The molecule has 3 heterocycles. The second-order valence-electron chi connectivity index (χ2n) is 7.12. The Hall–Kier alpha value is -0.420. The Labute approximate surface area is 159 Å². The molecular formula is C18H24Cl2N2OS. The highest BCUT2D eigenvalue weighted by Gasteiger charge is 2.34. The molecule has 0 radical (unpaired) electrons. The highest BCUT2D eigenvalue weighted by molar-refractivity contribution is 7.99. The van der Waals surface area contributed by atoms with Gasteiger partial charge in [-0.05, 0) is 61.8 Å². The fraction of sp³-hybridized carbons (Fsp3) is 0.611. The van der Waals surface area contributed by atoms with Crippen LogP contribution in [0.1, 0.15) is 50.1 Å². The summed E-state index contributed by atoms with van der Waals surface area (Å²) in [5.41, 5.74) is 1.19. The third-order valence-electron chi connectivity index (χ3n) is 5.39. The molecule has 1 aromatic carbocycles. The van der Waals surface area contributed by atoms with Gasteiger partial charge in [0.15, 0.2) is 0 Å². The zero-order chi connectivity index (χ0) is 15.8. The maximum absolute atomic E-state index is 12.5. The van der Waals surface area contributed by atoms with Crippen LogP contribution in [0.5, 0.6) is 0 Å². The first-order chi connectivity index (χ1) is 11.2. The molecule has 6 heteroatoms. The smallest absolute Gasteiger partial charge is 0.220 e. The van der Waals surface area contributed by atoms with Gasteiger partial charge in [-0.3, -0.25) is 4.79 Å². The first kappa shape index (κ1) is 18.4. The maximum Gasteiger partial charge on any atom is 0.220 e. The summed E-state index contributed by atoms with van der Waals surface area (Å²) in [6, 6.07) is 7.44. The van der Waals surface area contributed by atoms with Gasteiger partial charge in [0.2, 0.25) is 5.91 Å². The predicted octanol–water partition coefficient (Wildman–Crippen LogP) is 4.34. The van der Waals surface area contributed by atoms with Crippen LogP contribution in [0.2, 0.25) is 5.02 Å². The molecule has 2 fully saturated rings. The molecule has 3 atom stereocenters. The number of halogens is 2. The van der Waals surface area contributed by atoms with E-state index < -0.39 is 0 Å². The number of carbonyl (C=O) groups excluding carboxylic acids is 1. The van der Waals surface area contributed by atoms with Crippen LogP contribution in [0.4, 0.5) is 0 Å². The van der Waals surface area contributed by atoms with Gasteiger partial charge in [-0.1, -0.05) is 11.6 Å². The van der Waals surface area contributed by atoms with E-state index >= 15 is 0 Å². The van der Waals surface area contributed by atoms with Crippen LogP contribution in [-0.2, 0) is 4.79 Å². The number of carbonyl (C=O) groups is 1. The largest absolute Gasteiger partial charge is 0.349 e. The Morgan fingerprint density at radius 2 is 2.00 bits per heavy atom. The Balaban J connectivity index is 0.00000169. The molecule has 2 bridgehead atoms. The SMILES string of the molecule is Cl.O=C(CC1CC2CCC(C1)N2)NC1CCSc2ccc(Cl)cc21. The van der Waals surface area contributed by atoms with E-state index in [1.165, 1.54) is 23.3 Å². The number of thioether (sulfide) groups is 1. The van der Waals surface area contributed by atoms with E-state index in [0.29, 0.717) is 24.4 Å². The number of nitrogens with one attached hydrogen (secondary N) is 2. The average molecular weight is 387 g/mol. The van der Waals surface area contributed by atoms with Crippen molar-refractivity contribution in [1.82, 2.24) is 10.6 Å². The molecule has 2 N–H and O–H groups in total. The van der Waals surface area contributed by atoms with Crippen LogP contribution in [0.15, 0.2) is 23.1 Å². The van der Waals surface area contributed by atoms with Crippen molar-refractivity contribution in [2.45, 2.75) is 61.5 Å². The molecule has 3 aliphatic heterocycles. The van der Waals surface area contributed by atoms with Crippen LogP contribution in [0, 0.1) is 5.92 Å². The number of benzene rings is 1. The van der Waals surface area contributed by atoms with Gasteiger partial charge in [0.25, 0.3) is 0 Å². The zero-order valence-electron chi connectivity index (χ0n) is 13.6. The van der Waals surface area contributed by atoms with Crippen LogP contribution in [-0.4, -0.2) is 23.7 Å². The first-order valence-corrected chi connectivity index (χ1v) is 10.0. The summed E-state index contributed by atoms with van der Waals surface area (Å²) in [6.07, 6.45) is 6.55. The minimum absolute atomic E-state index is 0. The molecule has 0 spiro atoms. The molecule has 1 aromatic rings. The lowest BCUT2D eigenvalue weighted by atomic mass is 9.89. The Kier molecular flexibility index (Phi) is 6.02. The third kappa shape index (κ3) is 4.04. The second kappa shape index (κ2) is 7.86. The van der Waals surface area contributed by atoms with Gasteiger partial charge in [0.05, 0.1) is 6.04 Å². The third-order valence-corrected chi connectivity index (χ3v) is 6.75. The molecule has 132 valence electrons. The summed E-state index contributed by atoms with van der Waals surface area (Å²) in [4.78, 5) is 13.8. The fourth-order valence-electron chi connectivity index (χ4n) is 4.37. The molecule has 1 amide bonds. The lowest BCUT2D eigenvalue weighted by Crippen LogP contribution is -2.40. The first-order valence-electron chi connectivity index (χ1n) is 8.65. The van der Waals surface area contributed by atoms with E-state index in [9.17, 15) is 4.79 Å². The van der Waals surface area contributed by atoms with Gasteiger partial charge in [-0.25, -0.2) is 0 Å². The fourth-order valence-corrected chi connectivity index (χ4v) is 5.66. The topological polar surface area (TPSA) is 41.1 Å². The van der Waals surface area contributed by atoms with Crippen molar-refractivity contribution < 1.29 is 4.79 Å². The average Bonchev–Trinajstić information content (AvgIpc) is 2.86. The van der Waals surface area contributed by atoms with E-state index in [1.54, 1.807) is 0 Å². The molecule has 0 aromatic heterocycles. The Morgan fingerprint density at radius 1 is 1.25 bits per heavy atom. The van der Waals surface area contributed by atoms with E-state index in [4.69, 9.17) is 11.6 Å². The lowest BCUT2D eigenvalue weighted by Gasteiger charge is -2.30. The highest BCUT2D eigenvalue weighted by Crippen LogP contribution is 2.38. The molecule has 0 aliphatic carbocycles. The van der Waals surface area contributed by atoms with Gasteiger partial charge in [-0.2, -0.15) is 0 Å². The summed E-state index contributed by atoms with van der Waals surface area (Å²) in [7, 11) is 0. The molecular weight excluding hydrogens is 363 g/mol. The normalized spacial score (nSPS) is 31.0. The van der Waals surface area contributed by atoms with Crippen molar-refractivity contribution in [1.29, 1.82) is 0 Å². The summed E-state index contributed by atoms with van der Waals surface area (Å²) in [5.74, 6) is 1.81. The number of rotatable bonds is 3. The number of amides is 1. The maximum atomic E-state index is 12.5. The number of hydrogen-bond acceptors (Lipinski definition) is 3. The highest BCUT2D eigenvalue weighted by atomic mass is 35.5. The quantitative estimate of drug-likeness (QED) is 0.811. The van der Waals surface area contributed by atoms with Crippen molar-refractivity contribution in [3.05, 3.63) is 28.8 Å².